The van der Waals surface area contributed by atoms with E-state index in [-0.39, 0.29) is 0 Å². The maximum Gasteiger partial charge on any atom is 0.126 e. The van der Waals surface area contributed by atoms with Crippen molar-refractivity contribution in [2.45, 2.75) is 38.1 Å². The second kappa shape index (κ2) is 4.67. The van der Waals surface area contributed by atoms with Crippen LogP contribution in [0, 0.1) is 0 Å². The molecule has 0 amide bonds. The van der Waals surface area contributed by atoms with Crippen molar-refractivity contribution in [1.29, 1.82) is 0 Å². The summed E-state index contributed by atoms with van der Waals surface area (Å²) >= 11 is 0. The lowest BCUT2D eigenvalue weighted by molar-refractivity contribution is 0.185. The van der Waals surface area contributed by atoms with Crippen LogP contribution in [0.5, 0.6) is 0 Å². The monoisotopic (exact) mass is 205 g/mol. The minimum atomic E-state index is 0.438. The first kappa shape index (κ1) is 10.5. The van der Waals surface area contributed by atoms with E-state index >= 15 is 0 Å². The lowest BCUT2D eigenvalue weighted by atomic mass is 9.75. The molecule has 1 aromatic rings. The molecule has 0 saturated heterocycles. The Labute approximate surface area is 91.4 Å². The van der Waals surface area contributed by atoms with E-state index in [2.05, 4.69) is 18.3 Å². The van der Waals surface area contributed by atoms with E-state index in [1.54, 1.807) is 6.26 Å². The third-order valence-electron chi connectivity index (χ3n) is 3.41. The van der Waals surface area contributed by atoms with E-state index in [0.29, 0.717) is 5.54 Å². The molecule has 2 rings (SSSR count). The molecule has 0 atom stereocenters. The topological polar surface area (TPSA) is 25.2 Å². The Kier molecular flexibility index (Phi) is 3.27. The molecule has 0 radical (unpaired) electrons. The molecule has 15 heavy (non-hydrogen) atoms. The fraction of sp³-hybridized carbons (Fsp3) is 0.538. The van der Waals surface area contributed by atoms with E-state index in [9.17, 15) is 0 Å². The van der Waals surface area contributed by atoms with Gasteiger partial charge in [0, 0.05) is 12.1 Å². The van der Waals surface area contributed by atoms with Crippen LogP contribution in [0.3, 0.4) is 0 Å². The van der Waals surface area contributed by atoms with Crippen molar-refractivity contribution >= 4 is 6.08 Å². The molecule has 0 bridgehead atoms. The van der Waals surface area contributed by atoms with Gasteiger partial charge >= 0.3 is 0 Å². The average molecular weight is 205 g/mol. The first-order valence-corrected chi connectivity index (χ1v) is 5.80. The lowest BCUT2D eigenvalue weighted by Gasteiger charge is -2.42. The molecule has 2 heteroatoms. The number of rotatable bonds is 5. The summed E-state index contributed by atoms with van der Waals surface area (Å²) in [7, 11) is 0. The molecule has 1 heterocycles. The molecule has 1 saturated carbocycles. The van der Waals surface area contributed by atoms with Gasteiger partial charge in [0.15, 0.2) is 0 Å². The molecule has 1 aromatic heterocycles. The minimum absolute atomic E-state index is 0.438. The van der Waals surface area contributed by atoms with E-state index in [4.69, 9.17) is 4.42 Å². The summed E-state index contributed by atoms with van der Waals surface area (Å²) in [5.41, 5.74) is 0.438. The third-order valence-corrected chi connectivity index (χ3v) is 3.41. The smallest absolute Gasteiger partial charge is 0.126 e. The predicted molar refractivity (Wildman–Crippen MR) is 62.6 cm³/mol. The number of hydrogen-bond acceptors (Lipinski definition) is 2. The van der Waals surface area contributed by atoms with E-state index < -0.39 is 0 Å². The summed E-state index contributed by atoms with van der Waals surface area (Å²) in [6.45, 7) is 3.21. The highest BCUT2D eigenvalue weighted by molar-refractivity contribution is 5.42. The van der Waals surface area contributed by atoms with Crippen LogP contribution in [0.2, 0.25) is 0 Å². The molecule has 1 aliphatic rings. The first-order valence-electron chi connectivity index (χ1n) is 5.80. The van der Waals surface area contributed by atoms with Gasteiger partial charge < -0.3 is 9.73 Å². The van der Waals surface area contributed by atoms with Gasteiger partial charge in [-0.25, -0.2) is 0 Å². The van der Waals surface area contributed by atoms with Crippen molar-refractivity contribution in [1.82, 2.24) is 5.32 Å². The Hall–Kier alpha value is -1.02. The van der Waals surface area contributed by atoms with Crippen LogP contribution in [-0.4, -0.2) is 12.1 Å². The van der Waals surface area contributed by atoms with Gasteiger partial charge in [0.25, 0.3) is 0 Å². The maximum absolute atomic E-state index is 5.22. The second-order valence-corrected chi connectivity index (χ2v) is 4.29. The minimum Gasteiger partial charge on any atom is -0.465 e. The van der Waals surface area contributed by atoms with Gasteiger partial charge in [-0.05, 0) is 43.9 Å². The Balaban J connectivity index is 1.74. The van der Waals surface area contributed by atoms with Crippen molar-refractivity contribution in [3.63, 3.8) is 0 Å². The number of hydrogen-bond donors (Lipinski definition) is 1. The lowest BCUT2D eigenvalue weighted by Crippen LogP contribution is -2.50. The average Bonchev–Trinajstić information content (AvgIpc) is 2.68. The molecule has 0 unspecified atom stereocenters. The van der Waals surface area contributed by atoms with Crippen LogP contribution in [0.15, 0.2) is 28.9 Å². The van der Waals surface area contributed by atoms with Crippen LogP contribution < -0.4 is 5.32 Å². The van der Waals surface area contributed by atoms with Crippen LogP contribution in [0.1, 0.15) is 38.4 Å². The van der Waals surface area contributed by atoms with Gasteiger partial charge in [-0.15, -0.1) is 0 Å². The standard InChI is InChI=1S/C13H19NO/c1-2-13(8-5-9-13)14-10-3-6-12-7-4-11-15-12/h3-4,6-7,11,14H,2,5,8-10H2,1H3/b6-3+. The van der Waals surface area contributed by atoms with Crippen molar-refractivity contribution in [3.05, 3.63) is 30.2 Å². The number of furan rings is 1. The largest absolute Gasteiger partial charge is 0.465 e. The molecule has 1 fully saturated rings. The second-order valence-electron chi connectivity index (χ2n) is 4.29. The fourth-order valence-corrected chi connectivity index (χ4v) is 2.10. The molecule has 1 N–H and O–H groups in total. The molecule has 2 nitrogen and oxygen atoms in total. The summed E-state index contributed by atoms with van der Waals surface area (Å²) in [5, 5.41) is 3.62. The van der Waals surface area contributed by atoms with Crippen LogP contribution in [0.25, 0.3) is 6.08 Å². The van der Waals surface area contributed by atoms with E-state index in [1.165, 1.54) is 25.7 Å². The highest BCUT2D eigenvalue weighted by Gasteiger charge is 2.33. The molecule has 1 aliphatic carbocycles. The zero-order valence-electron chi connectivity index (χ0n) is 9.33. The van der Waals surface area contributed by atoms with Gasteiger partial charge in [-0.1, -0.05) is 13.0 Å². The van der Waals surface area contributed by atoms with Crippen LogP contribution in [-0.2, 0) is 0 Å². The summed E-state index contributed by atoms with van der Waals surface area (Å²) in [6.07, 6.45) is 11.1. The highest BCUT2D eigenvalue weighted by atomic mass is 16.3. The summed E-state index contributed by atoms with van der Waals surface area (Å²) in [6, 6.07) is 3.88. The molecular formula is C13H19NO. The zero-order valence-corrected chi connectivity index (χ0v) is 9.33. The summed E-state index contributed by atoms with van der Waals surface area (Å²) in [4.78, 5) is 0. The van der Waals surface area contributed by atoms with Crippen LogP contribution in [0.4, 0.5) is 0 Å². The Bertz CT molecular complexity index is 304. The van der Waals surface area contributed by atoms with Gasteiger partial charge in [0.2, 0.25) is 0 Å². The van der Waals surface area contributed by atoms with Gasteiger partial charge in [-0.2, -0.15) is 0 Å². The predicted octanol–water partition coefficient (Wildman–Crippen LogP) is 3.22. The van der Waals surface area contributed by atoms with Gasteiger partial charge in [0.1, 0.15) is 5.76 Å². The SMILES string of the molecule is CCC1(NC/C=C/c2ccco2)CCC1. The van der Waals surface area contributed by atoms with Gasteiger partial charge in [-0.3, -0.25) is 0 Å². The van der Waals surface area contributed by atoms with E-state index in [1.807, 2.05) is 18.2 Å². The summed E-state index contributed by atoms with van der Waals surface area (Å²) in [5.74, 6) is 0.927. The molecule has 82 valence electrons. The Morgan fingerprint density at radius 2 is 2.40 bits per heavy atom. The van der Waals surface area contributed by atoms with Crippen molar-refractivity contribution in [3.8, 4) is 0 Å². The third kappa shape index (κ3) is 2.51. The quantitative estimate of drug-likeness (QED) is 0.798. The fourth-order valence-electron chi connectivity index (χ4n) is 2.10. The Morgan fingerprint density at radius 1 is 1.53 bits per heavy atom. The molecule has 0 aliphatic heterocycles. The zero-order chi connectivity index (χ0) is 10.6. The van der Waals surface area contributed by atoms with Crippen molar-refractivity contribution in [2.24, 2.45) is 0 Å². The van der Waals surface area contributed by atoms with Crippen LogP contribution >= 0.6 is 0 Å². The molecular weight excluding hydrogens is 186 g/mol. The molecule has 0 aromatic carbocycles. The molecule has 0 spiro atoms. The van der Waals surface area contributed by atoms with Gasteiger partial charge in [0.05, 0.1) is 6.26 Å². The van der Waals surface area contributed by atoms with Crippen molar-refractivity contribution in [2.75, 3.05) is 6.54 Å². The maximum atomic E-state index is 5.22. The van der Waals surface area contributed by atoms with Crippen molar-refractivity contribution < 1.29 is 4.42 Å². The first-order chi connectivity index (χ1) is 7.35. The normalized spacial score (nSPS) is 19.3. The highest BCUT2D eigenvalue weighted by Crippen LogP contribution is 2.34. The summed E-state index contributed by atoms with van der Waals surface area (Å²) < 4.78 is 5.22. The van der Waals surface area contributed by atoms with E-state index in [0.717, 1.165) is 12.3 Å². The Morgan fingerprint density at radius 3 is 2.93 bits per heavy atom. The number of nitrogens with one attached hydrogen (secondary N) is 1.